The molecule has 0 spiro atoms. The summed E-state index contributed by atoms with van der Waals surface area (Å²) < 4.78 is 13.4. The smallest absolute Gasteiger partial charge is 0.128 e. The van der Waals surface area contributed by atoms with Gasteiger partial charge in [-0.1, -0.05) is 17.7 Å². The van der Waals surface area contributed by atoms with Gasteiger partial charge in [0.1, 0.15) is 5.82 Å². The zero-order chi connectivity index (χ0) is 13.3. The summed E-state index contributed by atoms with van der Waals surface area (Å²) in [6.07, 6.45) is 0. The number of aryl methyl sites for hydroxylation is 2. The topological polar surface area (TPSA) is 38.0 Å². The lowest BCUT2D eigenvalue weighted by molar-refractivity contribution is 0.619. The van der Waals surface area contributed by atoms with E-state index in [4.69, 9.17) is 17.3 Å². The molecule has 2 aromatic carbocycles. The molecule has 4 heteroatoms. The number of nitrogen functional groups attached to an aromatic ring is 1. The molecule has 0 amide bonds. The Morgan fingerprint density at radius 3 is 2.50 bits per heavy atom. The van der Waals surface area contributed by atoms with Crippen molar-refractivity contribution in [1.29, 1.82) is 0 Å². The average molecular weight is 265 g/mol. The van der Waals surface area contributed by atoms with Crippen LogP contribution in [-0.2, 0) is 0 Å². The average Bonchev–Trinajstić information content (AvgIpc) is 2.31. The molecular formula is C14H14ClFN2. The highest BCUT2D eigenvalue weighted by atomic mass is 35.5. The molecule has 2 aromatic rings. The summed E-state index contributed by atoms with van der Waals surface area (Å²) in [4.78, 5) is 0. The highest BCUT2D eigenvalue weighted by Crippen LogP contribution is 2.29. The van der Waals surface area contributed by atoms with E-state index in [2.05, 4.69) is 5.32 Å². The van der Waals surface area contributed by atoms with Crippen LogP contribution < -0.4 is 11.1 Å². The molecule has 0 unspecified atom stereocenters. The number of benzene rings is 2. The van der Waals surface area contributed by atoms with Crippen LogP contribution in [0.3, 0.4) is 0 Å². The number of rotatable bonds is 2. The Morgan fingerprint density at radius 1 is 1.11 bits per heavy atom. The minimum absolute atomic E-state index is 0.237. The molecule has 0 bridgehead atoms. The summed E-state index contributed by atoms with van der Waals surface area (Å²) >= 11 is 5.97. The van der Waals surface area contributed by atoms with Gasteiger partial charge in [-0.15, -0.1) is 0 Å². The first-order valence-electron chi connectivity index (χ1n) is 5.56. The van der Waals surface area contributed by atoms with E-state index in [-0.39, 0.29) is 5.82 Å². The Balaban J connectivity index is 2.34. The summed E-state index contributed by atoms with van der Waals surface area (Å²) in [5.74, 6) is -0.237. The van der Waals surface area contributed by atoms with Gasteiger partial charge in [-0.05, 0) is 49.2 Å². The van der Waals surface area contributed by atoms with E-state index in [9.17, 15) is 4.39 Å². The molecule has 2 nitrogen and oxygen atoms in total. The Morgan fingerprint density at radius 2 is 1.83 bits per heavy atom. The van der Waals surface area contributed by atoms with E-state index in [1.165, 1.54) is 6.07 Å². The van der Waals surface area contributed by atoms with Crippen molar-refractivity contribution in [3.05, 3.63) is 52.3 Å². The molecule has 0 radical (unpaired) electrons. The Kier molecular flexibility index (Phi) is 3.43. The SMILES string of the molecule is Cc1ccc(Nc2cc(Cl)c(N)cc2C)cc1F. The minimum Gasteiger partial charge on any atom is -0.398 e. The minimum atomic E-state index is -0.237. The van der Waals surface area contributed by atoms with Crippen LogP contribution in [0.25, 0.3) is 0 Å². The number of hydrogen-bond acceptors (Lipinski definition) is 2. The summed E-state index contributed by atoms with van der Waals surface area (Å²) in [5, 5.41) is 3.61. The van der Waals surface area contributed by atoms with E-state index in [0.29, 0.717) is 22.0 Å². The van der Waals surface area contributed by atoms with Crippen LogP contribution >= 0.6 is 11.6 Å². The van der Waals surface area contributed by atoms with E-state index in [0.717, 1.165) is 11.3 Å². The van der Waals surface area contributed by atoms with Crippen LogP contribution in [0.5, 0.6) is 0 Å². The first-order chi connectivity index (χ1) is 8.47. The molecule has 18 heavy (non-hydrogen) atoms. The van der Waals surface area contributed by atoms with Crippen LogP contribution in [-0.4, -0.2) is 0 Å². The van der Waals surface area contributed by atoms with Gasteiger partial charge in [-0.2, -0.15) is 0 Å². The number of nitrogens with two attached hydrogens (primary N) is 1. The zero-order valence-corrected chi connectivity index (χ0v) is 11.0. The number of hydrogen-bond donors (Lipinski definition) is 2. The van der Waals surface area contributed by atoms with Gasteiger partial charge in [0.2, 0.25) is 0 Å². The van der Waals surface area contributed by atoms with Crippen molar-refractivity contribution in [2.45, 2.75) is 13.8 Å². The molecule has 0 heterocycles. The fraction of sp³-hybridized carbons (Fsp3) is 0.143. The van der Waals surface area contributed by atoms with Crippen molar-refractivity contribution >= 4 is 28.7 Å². The van der Waals surface area contributed by atoms with Crippen molar-refractivity contribution < 1.29 is 4.39 Å². The molecule has 0 atom stereocenters. The van der Waals surface area contributed by atoms with Crippen molar-refractivity contribution in [3.63, 3.8) is 0 Å². The third-order valence-electron chi connectivity index (χ3n) is 2.79. The molecule has 0 aliphatic carbocycles. The van der Waals surface area contributed by atoms with Gasteiger partial charge in [-0.3, -0.25) is 0 Å². The van der Waals surface area contributed by atoms with Gasteiger partial charge in [0.05, 0.1) is 10.7 Å². The molecule has 0 fully saturated rings. The maximum Gasteiger partial charge on any atom is 0.128 e. The molecule has 0 aliphatic heterocycles. The Bertz CT molecular complexity index is 597. The van der Waals surface area contributed by atoms with Gasteiger partial charge in [0, 0.05) is 11.4 Å². The quantitative estimate of drug-likeness (QED) is 0.788. The van der Waals surface area contributed by atoms with Crippen LogP contribution in [0.2, 0.25) is 5.02 Å². The fourth-order valence-corrected chi connectivity index (χ4v) is 1.83. The van der Waals surface area contributed by atoms with Gasteiger partial charge >= 0.3 is 0 Å². The largest absolute Gasteiger partial charge is 0.398 e. The first kappa shape index (κ1) is 12.7. The van der Waals surface area contributed by atoms with Crippen LogP contribution in [0.4, 0.5) is 21.5 Å². The zero-order valence-electron chi connectivity index (χ0n) is 10.2. The molecule has 94 valence electrons. The lowest BCUT2D eigenvalue weighted by Gasteiger charge is -2.12. The maximum absolute atomic E-state index is 13.4. The van der Waals surface area contributed by atoms with Gasteiger partial charge in [-0.25, -0.2) is 4.39 Å². The summed E-state index contributed by atoms with van der Waals surface area (Å²) in [7, 11) is 0. The second kappa shape index (κ2) is 4.86. The molecule has 0 saturated carbocycles. The molecule has 2 rings (SSSR count). The van der Waals surface area contributed by atoms with E-state index in [1.54, 1.807) is 25.1 Å². The van der Waals surface area contributed by atoms with Crippen molar-refractivity contribution in [2.75, 3.05) is 11.1 Å². The summed E-state index contributed by atoms with van der Waals surface area (Å²) in [6, 6.07) is 8.53. The van der Waals surface area contributed by atoms with Gasteiger partial charge in [0.15, 0.2) is 0 Å². The van der Waals surface area contributed by atoms with Gasteiger partial charge in [0.25, 0.3) is 0 Å². The van der Waals surface area contributed by atoms with Gasteiger partial charge < -0.3 is 11.1 Å². The molecule has 0 aromatic heterocycles. The standard InChI is InChI=1S/C14H14ClFN2/c1-8-3-4-10(6-12(8)16)18-14-7-11(15)13(17)5-9(14)2/h3-7,18H,17H2,1-2H3. The number of nitrogens with one attached hydrogen (secondary N) is 1. The predicted octanol–water partition coefficient (Wildman–Crippen LogP) is 4.42. The second-order valence-corrected chi connectivity index (χ2v) is 4.68. The molecular weight excluding hydrogens is 251 g/mol. The Hall–Kier alpha value is -1.74. The highest BCUT2D eigenvalue weighted by Gasteiger charge is 2.05. The van der Waals surface area contributed by atoms with Crippen LogP contribution in [0.15, 0.2) is 30.3 Å². The lowest BCUT2D eigenvalue weighted by atomic mass is 10.1. The summed E-state index contributed by atoms with van der Waals surface area (Å²) in [6.45, 7) is 3.64. The van der Waals surface area contributed by atoms with Crippen LogP contribution in [0.1, 0.15) is 11.1 Å². The lowest BCUT2D eigenvalue weighted by Crippen LogP contribution is -1.96. The third-order valence-corrected chi connectivity index (χ3v) is 3.12. The molecule has 0 saturated heterocycles. The predicted molar refractivity (Wildman–Crippen MR) is 75.0 cm³/mol. The molecule has 0 aliphatic rings. The van der Waals surface area contributed by atoms with Crippen LogP contribution in [0, 0.1) is 19.7 Å². The first-order valence-corrected chi connectivity index (χ1v) is 5.94. The number of halogens is 2. The Labute approximate surface area is 111 Å². The fourth-order valence-electron chi connectivity index (χ4n) is 1.66. The maximum atomic E-state index is 13.4. The van der Waals surface area contributed by atoms with E-state index < -0.39 is 0 Å². The molecule has 3 N–H and O–H groups in total. The number of anilines is 3. The van der Waals surface area contributed by atoms with E-state index >= 15 is 0 Å². The normalized spacial score (nSPS) is 10.4. The van der Waals surface area contributed by atoms with Crippen molar-refractivity contribution in [2.24, 2.45) is 0 Å². The monoisotopic (exact) mass is 264 g/mol. The van der Waals surface area contributed by atoms with Crippen molar-refractivity contribution in [1.82, 2.24) is 0 Å². The summed E-state index contributed by atoms with van der Waals surface area (Å²) in [5.41, 5.74) is 9.32. The highest BCUT2D eigenvalue weighted by molar-refractivity contribution is 6.33. The third kappa shape index (κ3) is 2.57. The van der Waals surface area contributed by atoms with Crippen molar-refractivity contribution in [3.8, 4) is 0 Å². The second-order valence-electron chi connectivity index (χ2n) is 4.28. The van der Waals surface area contributed by atoms with E-state index in [1.807, 2.05) is 13.0 Å².